The molecule has 124 valence electrons. The fraction of sp³-hybridized carbons (Fsp3) is 0.250. The molecule has 0 aliphatic carbocycles. The average molecular weight is 323 g/mol. The summed E-state index contributed by atoms with van der Waals surface area (Å²) in [7, 11) is 3.20. The monoisotopic (exact) mass is 323 g/mol. The normalized spacial score (nSPS) is 16.3. The van der Waals surface area contributed by atoms with Gasteiger partial charge in [0.25, 0.3) is 5.91 Å². The minimum Gasteiger partial charge on any atom is -0.493 e. The minimum absolute atomic E-state index is 0.0118. The molecule has 0 fully saturated rings. The van der Waals surface area contributed by atoms with Gasteiger partial charge in [-0.15, -0.1) is 0 Å². The Hall–Kier alpha value is -2.75. The van der Waals surface area contributed by atoms with Crippen molar-refractivity contribution >= 4 is 17.7 Å². The number of rotatable bonds is 4. The van der Waals surface area contributed by atoms with Gasteiger partial charge in [0.15, 0.2) is 11.5 Å². The molecule has 0 bridgehead atoms. The van der Waals surface area contributed by atoms with E-state index >= 15 is 0 Å². The van der Waals surface area contributed by atoms with E-state index in [2.05, 4.69) is 13.0 Å². The van der Waals surface area contributed by atoms with Crippen LogP contribution in [0.5, 0.6) is 11.5 Å². The van der Waals surface area contributed by atoms with E-state index in [1.165, 1.54) is 5.56 Å². The first-order valence-corrected chi connectivity index (χ1v) is 7.95. The van der Waals surface area contributed by atoms with E-state index in [0.717, 1.165) is 17.7 Å². The summed E-state index contributed by atoms with van der Waals surface area (Å²) in [4.78, 5) is 14.5. The molecule has 1 heterocycles. The molecule has 0 N–H and O–H groups in total. The van der Waals surface area contributed by atoms with Gasteiger partial charge in [0.2, 0.25) is 0 Å². The Morgan fingerprint density at radius 3 is 2.62 bits per heavy atom. The molecular weight excluding hydrogens is 302 g/mol. The Balaban J connectivity index is 1.81. The molecule has 4 nitrogen and oxygen atoms in total. The number of carbonyl (C=O) groups is 1. The second kappa shape index (κ2) is 6.79. The Morgan fingerprint density at radius 1 is 1.12 bits per heavy atom. The van der Waals surface area contributed by atoms with Gasteiger partial charge in [0.05, 0.1) is 14.2 Å². The molecule has 1 unspecified atom stereocenters. The van der Waals surface area contributed by atoms with Crippen LogP contribution < -0.4 is 14.4 Å². The molecule has 1 aliphatic heterocycles. The Labute approximate surface area is 142 Å². The highest BCUT2D eigenvalue weighted by atomic mass is 16.5. The fourth-order valence-electron chi connectivity index (χ4n) is 3.11. The van der Waals surface area contributed by atoms with E-state index < -0.39 is 0 Å². The summed E-state index contributed by atoms with van der Waals surface area (Å²) in [5.74, 6) is 1.30. The van der Waals surface area contributed by atoms with Crippen molar-refractivity contribution in [2.75, 3.05) is 19.1 Å². The van der Waals surface area contributed by atoms with E-state index in [1.54, 1.807) is 26.4 Å². The SMILES string of the molecule is COc1ccc(C=CC(=O)N2c3ccccc3CC2C)cc1OC. The number of methoxy groups -OCH3 is 2. The lowest BCUT2D eigenvalue weighted by molar-refractivity contribution is -0.114. The van der Waals surface area contributed by atoms with Crippen molar-refractivity contribution in [1.29, 1.82) is 0 Å². The topological polar surface area (TPSA) is 38.8 Å². The van der Waals surface area contributed by atoms with Crippen molar-refractivity contribution in [3.8, 4) is 11.5 Å². The number of anilines is 1. The number of para-hydroxylation sites is 1. The molecule has 2 aromatic rings. The van der Waals surface area contributed by atoms with E-state index in [9.17, 15) is 4.79 Å². The van der Waals surface area contributed by atoms with Gasteiger partial charge >= 0.3 is 0 Å². The summed E-state index contributed by atoms with van der Waals surface area (Å²) in [6.07, 6.45) is 4.31. The van der Waals surface area contributed by atoms with E-state index in [4.69, 9.17) is 9.47 Å². The van der Waals surface area contributed by atoms with Gasteiger partial charge in [0.1, 0.15) is 0 Å². The number of amides is 1. The van der Waals surface area contributed by atoms with Crippen molar-refractivity contribution < 1.29 is 14.3 Å². The predicted molar refractivity (Wildman–Crippen MR) is 95.7 cm³/mol. The van der Waals surface area contributed by atoms with Gasteiger partial charge in [-0.3, -0.25) is 4.79 Å². The maximum atomic E-state index is 12.7. The highest BCUT2D eigenvalue weighted by Crippen LogP contribution is 2.32. The molecule has 0 saturated carbocycles. The van der Waals surface area contributed by atoms with Crippen LogP contribution in [0.4, 0.5) is 5.69 Å². The van der Waals surface area contributed by atoms with Crippen molar-refractivity contribution in [1.82, 2.24) is 0 Å². The first kappa shape index (κ1) is 16.1. The third kappa shape index (κ3) is 3.00. The lowest BCUT2D eigenvalue weighted by atomic mass is 10.1. The molecular formula is C20H21NO3. The van der Waals surface area contributed by atoms with Gasteiger partial charge in [-0.1, -0.05) is 24.3 Å². The number of ether oxygens (including phenoxy) is 2. The smallest absolute Gasteiger partial charge is 0.251 e. The van der Waals surface area contributed by atoms with Gasteiger partial charge in [-0.05, 0) is 48.7 Å². The number of hydrogen-bond donors (Lipinski definition) is 0. The molecule has 0 radical (unpaired) electrons. The number of nitrogens with zero attached hydrogens (tertiary/aromatic N) is 1. The van der Waals surface area contributed by atoms with Crippen LogP contribution >= 0.6 is 0 Å². The van der Waals surface area contributed by atoms with Crippen LogP contribution in [0.15, 0.2) is 48.5 Å². The van der Waals surface area contributed by atoms with Crippen molar-refractivity contribution in [3.63, 3.8) is 0 Å². The standard InChI is InChI=1S/C20H21NO3/c1-14-12-16-6-4-5-7-17(16)21(14)20(22)11-9-15-8-10-18(23-2)19(13-15)24-3/h4-11,13-14H,12H2,1-3H3. The van der Waals surface area contributed by atoms with Crippen LogP contribution in [0.2, 0.25) is 0 Å². The molecule has 4 heteroatoms. The second-order valence-electron chi connectivity index (χ2n) is 5.84. The summed E-state index contributed by atoms with van der Waals surface area (Å²) < 4.78 is 10.5. The van der Waals surface area contributed by atoms with Crippen LogP contribution in [0.25, 0.3) is 6.08 Å². The van der Waals surface area contributed by atoms with E-state index in [1.807, 2.05) is 41.3 Å². The maximum Gasteiger partial charge on any atom is 0.251 e. The lowest BCUT2D eigenvalue weighted by Crippen LogP contribution is -2.34. The molecule has 3 rings (SSSR count). The van der Waals surface area contributed by atoms with Crippen LogP contribution in [0.1, 0.15) is 18.1 Å². The maximum absolute atomic E-state index is 12.7. The lowest BCUT2D eigenvalue weighted by Gasteiger charge is -2.21. The molecule has 24 heavy (non-hydrogen) atoms. The van der Waals surface area contributed by atoms with Crippen molar-refractivity contribution in [3.05, 3.63) is 59.7 Å². The molecule has 0 aromatic heterocycles. The Bertz CT molecular complexity index is 782. The summed E-state index contributed by atoms with van der Waals surface area (Å²) in [6, 6.07) is 13.8. The Morgan fingerprint density at radius 2 is 1.88 bits per heavy atom. The van der Waals surface area contributed by atoms with Crippen LogP contribution in [-0.4, -0.2) is 26.2 Å². The van der Waals surface area contributed by atoms with Crippen molar-refractivity contribution in [2.45, 2.75) is 19.4 Å². The Kier molecular flexibility index (Phi) is 4.56. The molecule has 0 spiro atoms. The first-order chi connectivity index (χ1) is 11.6. The quantitative estimate of drug-likeness (QED) is 0.806. The summed E-state index contributed by atoms with van der Waals surface area (Å²) in [5, 5.41) is 0. The number of hydrogen-bond acceptors (Lipinski definition) is 3. The summed E-state index contributed by atoms with van der Waals surface area (Å²) >= 11 is 0. The zero-order chi connectivity index (χ0) is 17.1. The number of fused-ring (bicyclic) bond motifs is 1. The van der Waals surface area contributed by atoms with Gasteiger partial charge in [-0.25, -0.2) is 0 Å². The van der Waals surface area contributed by atoms with Crippen LogP contribution in [-0.2, 0) is 11.2 Å². The molecule has 1 aliphatic rings. The number of carbonyl (C=O) groups excluding carboxylic acids is 1. The zero-order valence-corrected chi connectivity index (χ0v) is 14.2. The molecule has 2 aromatic carbocycles. The predicted octanol–water partition coefficient (Wildman–Crippen LogP) is 3.69. The van der Waals surface area contributed by atoms with Gasteiger partial charge < -0.3 is 14.4 Å². The highest BCUT2D eigenvalue weighted by Gasteiger charge is 2.29. The highest BCUT2D eigenvalue weighted by molar-refractivity contribution is 6.05. The van der Waals surface area contributed by atoms with Gasteiger partial charge in [-0.2, -0.15) is 0 Å². The zero-order valence-electron chi connectivity index (χ0n) is 14.2. The minimum atomic E-state index is -0.0118. The van der Waals surface area contributed by atoms with E-state index in [-0.39, 0.29) is 11.9 Å². The molecule has 1 amide bonds. The molecule has 0 saturated heterocycles. The van der Waals surface area contributed by atoms with E-state index in [0.29, 0.717) is 11.5 Å². The van der Waals surface area contributed by atoms with Gasteiger partial charge in [0, 0.05) is 17.8 Å². The van der Waals surface area contributed by atoms with Crippen LogP contribution in [0, 0.1) is 0 Å². The summed E-state index contributed by atoms with van der Waals surface area (Å²) in [6.45, 7) is 2.07. The molecule has 1 atom stereocenters. The number of benzene rings is 2. The second-order valence-corrected chi connectivity index (χ2v) is 5.84. The largest absolute Gasteiger partial charge is 0.493 e. The first-order valence-electron chi connectivity index (χ1n) is 7.95. The van der Waals surface area contributed by atoms with Crippen LogP contribution in [0.3, 0.4) is 0 Å². The van der Waals surface area contributed by atoms with Crippen molar-refractivity contribution in [2.24, 2.45) is 0 Å². The third-order valence-corrected chi connectivity index (χ3v) is 4.27. The fourth-order valence-corrected chi connectivity index (χ4v) is 3.11. The third-order valence-electron chi connectivity index (χ3n) is 4.27. The summed E-state index contributed by atoms with van der Waals surface area (Å²) in [5.41, 5.74) is 3.12. The average Bonchev–Trinajstić information content (AvgIpc) is 2.95.